The largest absolute Gasteiger partial charge is 0.315 e. The van der Waals surface area contributed by atoms with Gasteiger partial charge < -0.3 is 4.90 Å². The van der Waals surface area contributed by atoms with E-state index < -0.39 is 9.84 Å². The first-order valence-corrected chi connectivity index (χ1v) is 11.7. The maximum absolute atomic E-state index is 14.0. The molecule has 0 bridgehead atoms. The lowest BCUT2D eigenvalue weighted by atomic mass is 10.1. The number of anilines is 1. The van der Waals surface area contributed by atoms with Gasteiger partial charge in [0, 0.05) is 11.4 Å². The number of amidine groups is 1. The maximum atomic E-state index is 14.0. The lowest BCUT2D eigenvalue weighted by Gasteiger charge is -2.28. The minimum absolute atomic E-state index is 0.0861. The molecule has 0 N–H and O–H groups in total. The van der Waals surface area contributed by atoms with E-state index in [4.69, 9.17) is 4.99 Å². The van der Waals surface area contributed by atoms with Crippen molar-refractivity contribution in [1.82, 2.24) is 0 Å². The molecular weight excluding hydrogens is 383 g/mol. The summed E-state index contributed by atoms with van der Waals surface area (Å²) in [6, 6.07) is 12.4. The fraction of sp³-hybridized carbons (Fsp3) is 0.350. The van der Waals surface area contributed by atoms with Crippen molar-refractivity contribution in [2.75, 3.05) is 16.4 Å². The zero-order valence-corrected chi connectivity index (χ0v) is 16.9. The molecule has 7 heteroatoms. The van der Waals surface area contributed by atoms with Crippen LogP contribution in [0.1, 0.15) is 16.7 Å². The summed E-state index contributed by atoms with van der Waals surface area (Å²) in [6.45, 7) is 4.04. The summed E-state index contributed by atoms with van der Waals surface area (Å²) in [6.07, 6.45) is 0. The summed E-state index contributed by atoms with van der Waals surface area (Å²) in [4.78, 5) is 6.78. The van der Waals surface area contributed by atoms with E-state index in [0.717, 1.165) is 22.0 Å². The molecule has 142 valence electrons. The smallest absolute Gasteiger partial charge is 0.164 e. The van der Waals surface area contributed by atoms with Gasteiger partial charge in [-0.15, -0.1) is 0 Å². The van der Waals surface area contributed by atoms with Gasteiger partial charge in [-0.1, -0.05) is 42.1 Å². The fourth-order valence-electron chi connectivity index (χ4n) is 3.65. The standard InChI is InChI=1S/C20H21FN2O2S2/c1-13-7-8-14(2)18(9-13)23-19-12-27(24,25)11-17(19)22-20(23)26-10-15-5-3-4-6-16(15)21/h3-9,17,19H,10-12H2,1-2H3/t17-,19-/m1/s1. The zero-order chi connectivity index (χ0) is 19.2. The molecule has 2 heterocycles. The molecule has 0 aromatic heterocycles. The van der Waals surface area contributed by atoms with Crippen molar-refractivity contribution in [3.05, 3.63) is 65.0 Å². The average molecular weight is 405 g/mol. The first kappa shape index (κ1) is 18.5. The third kappa shape index (κ3) is 3.62. The van der Waals surface area contributed by atoms with Crippen LogP contribution in [0.2, 0.25) is 0 Å². The van der Waals surface area contributed by atoms with Crippen molar-refractivity contribution in [3.8, 4) is 0 Å². The Balaban J connectivity index is 1.68. The van der Waals surface area contributed by atoms with Crippen molar-refractivity contribution in [2.24, 2.45) is 4.99 Å². The second-order valence-electron chi connectivity index (χ2n) is 7.16. The Hall–Kier alpha value is -1.86. The van der Waals surface area contributed by atoms with Gasteiger partial charge in [0.15, 0.2) is 15.0 Å². The molecule has 0 spiro atoms. The summed E-state index contributed by atoms with van der Waals surface area (Å²) in [5, 5.41) is 0.775. The molecule has 2 aromatic carbocycles. The van der Waals surface area contributed by atoms with E-state index >= 15 is 0 Å². The van der Waals surface area contributed by atoms with E-state index in [1.54, 1.807) is 12.1 Å². The topological polar surface area (TPSA) is 49.7 Å². The van der Waals surface area contributed by atoms with E-state index in [9.17, 15) is 12.8 Å². The molecule has 2 aliphatic rings. The van der Waals surface area contributed by atoms with Crippen molar-refractivity contribution in [2.45, 2.75) is 31.7 Å². The second-order valence-corrected chi connectivity index (χ2v) is 10.3. The number of sulfone groups is 1. The third-order valence-electron chi connectivity index (χ3n) is 5.05. The first-order valence-electron chi connectivity index (χ1n) is 8.85. The van der Waals surface area contributed by atoms with Crippen molar-refractivity contribution in [3.63, 3.8) is 0 Å². The number of hydrogen-bond donors (Lipinski definition) is 0. The van der Waals surface area contributed by atoms with Crippen LogP contribution in [-0.4, -0.2) is 37.2 Å². The number of rotatable bonds is 3. The number of benzene rings is 2. The Morgan fingerprint density at radius 2 is 1.96 bits per heavy atom. The normalized spacial score (nSPS) is 23.4. The average Bonchev–Trinajstić information content (AvgIpc) is 3.07. The van der Waals surface area contributed by atoms with Gasteiger partial charge in [0.1, 0.15) is 5.82 Å². The van der Waals surface area contributed by atoms with E-state index in [1.807, 2.05) is 32.0 Å². The van der Waals surface area contributed by atoms with Crippen molar-refractivity contribution < 1.29 is 12.8 Å². The van der Waals surface area contributed by atoms with E-state index in [1.165, 1.54) is 17.8 Å². The molecule has 2 aromatic rings. The number of aryl methyl sites for hydroxylation is 2. The molecule has 0 unspecified atom stereocenters. The SMILES string of the molecule is Cc1ccc(C)c(N2C(SCc3ccccc3F)=N[C@@H]3CS(=O)(=O)C[C@H]32)c1. The zero-order valence-electron chi connectivity index (χ0n) is 15.2. The highest BCUT2D eigenvalue weighted by Crippen LogP contribution is 2.37. The third-order valence-corrected chi connectivity index (χ3v) is 7.76. The predicted molar refractivity (Wildman–Crippen MR) is 110 cm³/mol. The van der Waals surface area contributed by atoms with Crippen LogP contribution in [0, 0.1) is 19.7 Å². The van der Waals surface area contributed by atoms with Crippen molar-refractivity contribution >= 4 is 32.5 Å². The summed E-state index contributed by atoms with van der Waals surface area (Å²) < 4.78 is 38.3. The fourth-order valence-corrected chi connectivity index (χ4v) is 6.60. The molecule has 1 fully saturated rings. The van der Waals surface area contributed by atoms with E-state index in [0.29, 0.717) is 11.3 Å². The second kappa shape index (κ2) is 6.95. The first-order chi connectivity index (χ1) is 12.8. The van der Waals surface area contributed by atoms with Crippen LogP contribution in [0.3, 0.4) is 0 Å². The van der Waals surface area contributed by atoms with Gasteiger partial charge in [-0.25, -0.2) is 12.8 Å². The lowest BCUT2D eigenvalue weighted by Crippen LogP contribution is -2.39. The number of nitrogens with zero attached hydrogens (tertiary/aromatic N) is 2. The molecule has 0 saturated carbocycles. The molecule has 4 nitrogen and oxygen atoms in total. The van der Waals surface area contributed by atoms with Gasteiger partial charge in [0.25, 0.3) is 0 Å². The number of halogens is 1. The van der Waals surface area contributed by atoms with Gasteiger partial charge in [-0.05, 0) is 42.7 Å². The lowest BCUT2D eigenvalue weighted by molar-refractivity contribution is 0.601. The highest BCUT2D eigenvalue weighted by molar-refractivity contribution is 8.13. The molecular formula is C20H21FN2O2S2. The highest BCUT2D eigenvalue weighted by atomic mass is 32.2. The van der Waals surface area contributed by atoms with Crippen molar-refractivity contribution in [1.29, 1.82) is 0 Å². The monoisotopic (exact) mass is 404 g/mol. The van der Waals surface area contributed by atoms with Crippen LogP contribution >= 0.6 is 11.8 Å². The van der Waals surface area contributed by atoms with Crippen LogP contribution in [0.4, 0.5) is 10.1 Å². The number of hydrogen-bond acceptors (Lipinski definition) is 5. The summed E-state index contributed by atoms with van der Waals surface area (Å²) in [5.41, 5.74) is 3.79. The molecule has 27 heavy (non-hydrogen) atoms. The number of thioether (sulfide) groups is 1. The van der Waals surface area contributed by atoms with Crippen LogP contribution in [0.15, 0.2) is 47.5 Å². The Bertz CT molecular complexity index is 1020. The van der Waals surface area contributed by atoms with E-state index in [-0.39, 0.29) is 29.4 Å². The van der Waals surface area contributed by atoms with Gasteiger partial charge in [0.05, 0.1) is 23.6 Å². The molecule has 2 atom stereocenters. The van der Waals surface area contributed by atoms with Gasteiger partial charge in [-0.2, -0.15) is 0 Å². The van der Waals surface area contributed by atoms with E-state index in [2.05, 4.69) is 11.0 Å². The Labute approximate surface area is 163 Å². The number of aliphatic imine (C=N–C) groups is 1. The molecule has 0 aliphatic carbocycles. The van der Waals surface area contributed by atoms with Gasteiger partial charge >= 0.3 is 0 Å². The molecule has 2 aliphatic heterocycles. The molecule has 1 saturated heterocycles. The molecule has 0 radical (unpaired) electrons. The Morgan fingerprint density at radius 3 is 2.74 bits per heavy atom. The van der Waals surface area contributed by atoms with Crippen LogP contribution in [0.25, 0.3) is 0 Å². The van der Waals surface area contributed by atoms with Crippen LogP contribution < -0.4 is 4.90 Å². The summed E-state index contributed by atoms with van der Waals surface area (Å²) >= 11 is 1.47. The van der Waals surface area contributed by atoms with Crippen LogP contribution in [-0.2, 0) is 15.6 Å². The van der Waals surface area contributed by atoms with Crippen LogP contribution in [0.5, 0.6) is 0 Å². The summed E-state index contributed by atoms with van der Waals surface area (Å²) in [7, 11) is -3.08. The predicted octanol–water partition coefficient (Wildman–Crippen LogP) is 3.72. The summed E-state index contributed by atoms with van der Waals surface area (Å²) in [5.74, 6) is 0.421. The minimum Gasteiger partial charge on any atom is -0.315 e. The Kier molecular flexibility index (Phi) is 4.76. The molecule has 0 amide bonds. The molecule has 4 rings (SSSR count). The maximum Gasteiger partial charge on any atom is 0.164 e. The van der Waals surface area contributed by atoms with Gasteiger partial charge in [0.2, 0.25) is 0 Å². The highest BCUT2D eigenvalue weighted by Gasteiger charge is 2.47. The number of fused-ring (bicyclic) bond motifs is 1. The quantitative estimate of drug-likeness (QED) is 0.782. The minimum atomic E-state index is -3.08. The van der Waals surface area contributed by atoms with Gasteiger partial charge in [-0.3, -0.25) is 4.99 Å². The Morgan fingerprint density at radius 1 is 1.19 bits per heavy atom.